The molecule has 0 saturated heterocycles. The van der Waals surface area contributed by atoms with E-state index in [9.17, 15) is 9.90 Å². The summed E-state index contributed by atoms with van der Waals surface area (Å²) in [5, 5.41) is 10.8. The summed E-state index contributed by atoms with van der Waals surface area (Å²) in [5.41, 5.74) is -0.377. The quantitative estimate of drug-likeness (QED) is 0.397. The van der Waals surface area contributed by atoms with E-state index in [1.807, 2.05) is 7.85 Å². The summed E-state index contributed by atoms with van der Waals surface area (Å²) in [5.74, 6) is 0.0174. The number of hydrogen-bond acceptors (Lipinski definition) is 2. The molecule has 0 radical (unpaired) electrons. The molecule has 0 bridgehead atoms. The van der Waals surface area contributed by atoms with Gasteiger partial charge in [0.15, 0.2) is 5.72 Å². The summed E-state index contributed by atoms with van der Waals surface area (Å²) in [6, 6.07) is 0. The molecule has 2 atom stereocenters. The smallest absolute Gasteiger partial charge is 0.252 e. The number of rotatable bonds is 9. The number of aliphatic hydroxyl groups is 1. The predicted molar refractivity (Wildman–Crippen MR) is 89.7 cm³/mol. The topological polar surface area (TPSA) is 40.5 Å². The van der Waals surface area contributed by atoms with E-state index >= 15 is 0 Å². The van der Waals surface area contributed by atoms with Gasteiger partial charge in [-0.3, -0.25) is 4.79 Å². The molecule has 0 saturated carbocycles. The highest BCUT2D eigenvalue weighted by molar-refractivity contribution is 9.10. The van der Waals surface area contributed by atoms with E-state index < -0.39 is 5.72 Å². The Kier molecular flexibility index (Phi) is 7.31. The van der Waals surface area contributed by atoms with Gasteiger partial charge in [0.05, 0.1) is 0 Å². The van der Waals surface area contributed by atoms with Gasteiger partial charge in [0.2, 0.25) is 0 Å². The Labute approximate surface area is 132 Å². The van der Waals surface area contributed by atoms with Crippen LogP contribution in [-0.2, 0) is 4.79 Å². The highest BCUT2D eigenvalue weighted by atomic mass is 79.9. The van der Waals surface area contributed by atoms with E-state index in [1.54, 1.807) is 11.0 Å². The van der Waals surface area contributed by atoms with E-state index in [0.717, 1.165) is 37.7 Å². The molecular weight excluding hydrogens is 317 g/mol. The van der Waals surface area contributed by atoms with Gasteiger partial charge in [-0.1, -0.05) is 55.5 Å². The SMILES string of the molecule is BC(Br)C1(O)C=C(CCCCCC)C(=O)N1CCCC. The molecule has 0 aromatic rings. The van der Waals surface area contributed by atoms with Crippen molar-refractivity contribution >= 4 is 29.7 Å². The van der Waals surface area contributed by atoms with Gasteiger partial charge < -0.3 is 10.0 Å². The Hall–Kier alpha value is -0.285. The fourth-order valence-corrected chi connectivity index (χ4v) is 2.96. The zero-order valence-corrected chi connectivity index (χ0v) is 14.6. The summed E-state index contributed by atoms with van der Waals surface area (Å²) in [6.45, 7) is 4.89. The Morgan fingerprint density at radius 1 is 1.30 bits per heavy atom. The van der Waals surface area contributed by atoms with Crippen molar-refractivity contribution in [2.24, 2.45) is 0 Å². The lowest BCUT2D eigenvalue weighted by Crippen LogP contribution is -2.53. The number of nitrogens with zero attached hydrogens (tertiary/aromatic N) is 1. The molecular formula is C15H27BBrNO2. The van der Waals surface area contributed by atoms with Crippen LogP contribution in [0.15, 0.2) is 11.6 Å². The van der Waals surface area contributed by atoms with Gasteiger partial charge in [-0.2, -0.15) is 0 Å². The van der Waals surface area contributed by atoms with Crippen LogP contribution in [0.5, 0.6) is 0 Å². The summed E-state index contributed by atoms with van der Waals surface area (Å²) >= 11 is 3.45. The number of carbonyl (C=O) groups excluding carboxylic acids is 1. The second-order valence-electron chi connectivity index (χ2n) is 5.69. The average Bonchev–Trinajstić information content (AvgIpc) is 2.66. The first-order chi connectivity index (χ1) is 9.47. The average molecular weight is 344 g/mol. The Balaban J connectivity index is 2.73. The van der Waals surface area contributed by atoms with E-state index in [2.05, 4.69) is 29.8 Å². The first kappa shape index (κ1) is 17.8. The third-order valence-corrected chi connectivity index (χ3v) is 4.63. The molecule has 1 heterocycles. The van der Waals surface area contributed by atoms with Crippen LogP contribution in [0.3, 0.4) is 0 Å². The number of amides is 1. The zero-order chi connectivity index (χ0) is 15.2. The summed E-state index contributed by atoms with van der Waals surface area (Å²) in [7, 11) is 1.89. The monoisotopic (exact) mass is 343 g/mol. The van der Waals surface area contributed by atoms with Gasteiger partial charge in [0.1, 0.15) is 7.85 Å². The second-order valence-corrected chi connectivity index (χ2v) is 7.06. The zero-order valence-electron chi connectivity index (χ0n) is 13.0. The van der Waals surface area contributed by atoms with Gasteiger partial charge in [-0.05, 0) is 25.3 Å². The van der Waals surface area contributed by atoms with Crippen molar-refractivity contribution in [2.75, 3.05) is 6.54 Å². The van der Waals surface area contributed by atoms with Gasteiger partial charge in [0, 0.05) is 16.8 Å². The van der Waals surface area contributed by atoms with Crippen molar-refractivity contribution < 1.29 is 9.90 Å². The molecule has 20 heavy (non-hydrogen) atoms. The molecule has 1 amide bonds. The van der Waals surface area contributed by atoms with Crippen LogP contribution in [0.2, 0.25) is 0 Å². The van der Waals surface area contributed by atoms with Crippen molar-refractivity contribution in [3.05, 3.63) is 11.6 Å². The lowest BCUT2D eigenvalue weighted by molar-refractivity contribution is -0.140. The molecule has 1 rings (SSSR count). The van der Waals surface area contributed by atoms with Crippen LogP contribution in [0.4, 0.5) is 0 Å². The van der Waals surface area contributed by atoms with E-state index in [-0.39, 0.29) is 10.6 Å². The van der Waals surface area contributed by atoms with E-state index in [0.29, 0.717) is 6.54 Å². The van der Waals surface area contributed by atoms with Crippen molar-refractivity contribution in [3.63, 3.8) is 0 Å². The van der Waals surface area contributed by atoms with Gasteiger partial charge in [0.25, 0.3) is 5.91 Å². The second kappa shape index (κ2) is 8.23. The van der Waals surface area contributed by atoms with Crippen LogP contribution in [-0.4, -0.2) is 40.8 Å². The van der Waals surface area contributed by atoms with Crippen LogP contribution in [0.1, 0.15) is 58.8 Å². The lowest BCUT2D eigenvalue weighted by atomic mass is 9.92. The van der Waals surface area contributed by atoms with Crippen molar-refractivity contribution in [3.8, 4) is 0 Å². The van der Waals surface area contributed by atoms with Crippen molar-refractivity contribution in [2.45, 2.75) is 69.2 Å². The first-order valence-corrected chi connectivity index (χ1v) is 8.79. The minimum atomic E-state index is -1.16. The molecule has 114 valence electrons. The summed E-state index contributed by atoms with van der Waals surface area (Å²) < 4.78 is -0.163. The van der Waals surface area contributed by atoms with Crippen molar-refractivity contribution in [1.82, 2.24) is 4.90 Å². The fraction of sp³-hybridized carbons (Fsp3) is 0.800. The van der Waals surface area contributed by atoms with Crippen LogP contribution in [0.25, 0.3) is 0 Å². The van der Waals surface area contributed by atoms with E-state index in [4.69, 9.17) is 0 Å². The number of hydrogen-bond donors (Lipinski definition) is 1. The number of halogens is 1. The molecule has 1 N–H and O–H groups in total. The summed E-state index contributed by atoms with van der Waals surface area (Å²) in [4.78, 5) is 14.1. The standard InChI is InChI=1S/C15H27BBrNO2/c1-3-5-7-8-9-12-11-15(20,14(16)17)18(13(12)19)10-6-4-2/h11,14,20H,3-10,16H2,1-2H3. The lowest BCUT2D eigenvalue weighted by Gasteiger charge is -2.35. The van der Waals surface area contributed by atoms with Gasteiger partial charge in [-0.25, -0.2) is 0 Å². The first-order valence-electron chi connectivity index (χ1n) is 7.87. The van der Waals surface area contributed by atoms with Crippen molar-refractivity contribution in [1.29, 1.82) is 0 Å². The van der Waals surface area contributed by atoms with Gasteiger partial charge in [-0.15, -0.1) is 0 Å². The third kappa shape index (κ3) is 4.11. The molecule has 0 aromatic carbocycles. The number of alkyl halides is 1. The highest BCUT2D eigenvalue weighted by Crippen LogP contribution is 2.33. The normalized spacial score (nSPS) is 24.1. The molecule has 0 fully saturated rings. The van der Waals surface area contributed by atoms with Crippen LogP contribution in [0, 0.1) is 0 Å². The molecule has 5 heteroatoms. The fourth-order valence-electron chi connectivity index (χ4n) is 2.58. The predicted octanol–water partition coefficient (Wildman–Crippen LogP) is 2.57. The summed E-state index contributed by atoms with van der Waals surface area (Å²) in [6.07, 6.45) is 9.07. The molecule has 1 aliphatic rings. The Bertz CT molecular complexity index is 360. The van der Waals surface area contributed by atoms with Crippen LogP contribution < -0.4 is 0 Å². The van der Waals surface area contributed by atoms with Gasteiger partial charge >= 0.3 is 0 Å². The van der Waals surface area contributed by atoms with E-state index in [1.165, 1.54) is 12.8 Å². The number of unbranched alkanes of at least 4 members (excludes halogenated alkanes) is 4. The molecule has 0 spiro atoms. The maximum Gasteiger partial charge on any atom is 0.252 e. The molecule has 0 aromatic heterocycles. The molecule has 3 nitrogen and oxygen atoms in total. The Morgan fingerprint density at radius 2 is 1.95 bits per heavy atom. The minimum Gasteiger partial charge on any atom is -0.367 e. The molecule has 1 aliphatic heterocycles. The minimum absolute atomic E-state index is 0.0174. The Morgan fingerprint density at radius 3 is 2.50 bits per heavy atom. The maximum atomic E-state index is 12.5. The number of carbonyl (C=O) groups is 1. The molecule has 0 aliphatic carbocycles. The highest BCUT2D eigenvalue weighted by Gasteiger charge is 2.45. The third-order valence-electron chi connectivity index (χ3n) is 3.96. The largest absolute Gasteiger partial charge is 0.367 e. The molecule has 2 unspecified atom stereocenters. The maximum absolute atomic E-state index is 12.5. The van der Waals surface area contributed by atoms with Crippen LogP contribution >= 0.6 is 15.9 Å².